The summed E-state index contributed by atoms with van der Waals surface area (Å²) in [5, 5.41) is 7.91. The monoisotopic (exact) mass is 374 g/mol. The lowest BCUT2D eigenvalue weighted by molar-refractivity contribution is -0.116. The van der Waals surface area contributed by atoms with Crippen LogP contribution in [0.25, 0.3) is 6.08 Å². The van der Waals surface area contributed by atoms with Crippen LogP contribution in [0.1, 0.15) is 36.6 Å². The zero-order valence-corrected chi connectivity index (χ0v) is 16.7. The number of hydrogen-bond acceptors (Lipinski definition) is 3. The van der Waals surface area contributed by atoms with E-state index in [1.165, 1.54) is 6.08 Å². The Morgan fingerprint density at radius 2 is 2.00 bits per heavy atom. The van der Waals surface area contributed by atoms with Gasteiger partial charge in [-0.2, -0.15) is 5.10 Å². The lowest BCUT2D eigenvalue weighted by Gasteiger charge is -2.12. The van der Waals surface area contributed by atoms with Crippen molar-refractivity contribution >= 4 is 29.3 Å². The Morgan fingerprint density at radius 3 is 2.62 bits per heavy atom. The van der Waals surface area contributed by atoms with Crippen LogP contribution in [0, 0.1) is 6.92 Å². The fourth-order valence-electron chi connectivity index (χ4n) is 2.53. The van der Waals surface area contributed by atoms with Crippen LogP contribution in [0.3, 0.4) is 0 Å². The predicted molar refractivity (Wildman–Crippen MR) is 109 cm³/mol. The number of rotatable bonds is 8. The third-order valence-electron chi connectivity index (χ3n) is 4.15. The molecule has 2 aromatic rings. The summed E-state index contributed by atoms with van der Waals surface area (Å²) in [6.07, 6.45) is 5.35. The number of aromatic nitrogens is 2. The van der Waals surface area contributed by atoms with E-state index in [9.17, 15) is 4.79 Å². The average molecular weight is 375 g/mol. The number of nitrogens with zero attached hydrogens (tertiary/aromatic N) is 3. The predicted octanol–water partition coefficient (Wildman–Crippen LogP) is 4.04. The van der Waals surface area contributed by atoms with Crippen molar-refractivity contribution in [2.75, 3.05) is 19.0 Å². The summed E-state index contributed by atoms with van der Waals surface area (Å²) in [4.78, 5) is 14.1. The number of unbranched alkanes of at least 4 members (excludes halogenated alkanes) is 1. The molecule has 1 aromatic heterocycles. The lowest BCUT2D eigenvalue weighted by atomic mass is 10.2. The molecule has 0 radical (unpaired) electrons. The molecule has 0 atom stereocenters. The van der Waals surface area contributed by atoms with Gasteiger partial charge in [0.1, 0.15) is 5.15 Å². The number of carbonyl (C=O) groups is 1. The third-order valence-corrected chi connectivity index (χ3v) is 4.55. The largest absolute Gasteiger partial charge is 0.378 e. The van der Waals surface area contributed by atoms with Gasteiger partial charge in [-0.15, -0.1) is 0 Å². The first-order chi connectivity index (χ1) is 12.4. The SMILES string of the molecule is CCCCn1nc(C)c(/C=C/C(=O)NCc2ccc(N(C)C)cc2)c1Cl. The molecule has 0 spiro atoms. The Labute approximate surface area is 160 Å². The molecule has 26 heavy (non-hydrogen) atoms. The number of carbonyl (C=O) groups excluding carboxylic acids is 1. The van der Waals surface area contributed by atoms with Gasteiger partial charge in [0.05, 0.1) is 5.69 Å². The molecule has 0 aliphatic rings. The number of amides is 1. The summed E-state index contributed by atoms with van der Waals surface area (Å²) in [7, 11) is 4.00. The molecule has 0 bridgehead atoms. The van der Waals surface area contributed by atoms with Gasteiger partial charge in [0.2, 0.25) is 5.91 Å². The van der Waals surface area contributed by atoms with Gasteiger partial charge in [0, 0.05) is 44.5 Å². The van der Waals surface area contributed by atoms with Crippen LogP contribution in [-0.4, -0.2) is 29.8 Å². The summed E-state index contributed by atoms with van der Waals surface area (Å²) in [5.74, 6) is -0.154. The molecule has 0 unspecified atom stereocenters. The summed E-state index contributed by atoms with van der Waals surface area (Å²) in [5.41, 5.74) is 3.81. The third kappa shape index (κ3) is 5.36. The molecule has 1 amide bonds. The standard InChI is InChI=1S/C20H27ClN4O/c1-5-6-13-25-20(21)18(15(2)23-25)11-12-19(26)22-14-16-7-9-17(10-8-16)24(3)4/h7-12H,5-6,13-14H2,1-4H3,(H,22,26)/b12-11+. The van der Waals surface area contributed by atoms with Crippen molar-refractivity contribution in [2.24, 2.45) is 0 Å². The molecule has 2 rings (SSSR count). The van der Waals surface area contributed by atoms with Crippen molar-refractivity contribution in [2.45, 2.75) is 39.8 Å². The highest BCUT2D eigenvalue weighted by Gasteiger charge is 2.10. The van der Waals surface area contributed by atoms with E-state index in [-0.39, 0.29) is 5.91 Å². The minimum atomic E-state index is -0.154. The van der Waals surface area contributed by atoms with Gasteiger partial charge >= 0.3 is 0 Å². The van der Waals surface area contributed by atoms with Crippen LogP contribution in [0.15, 0.2) is 30.3 Å². The number of halogens is 1. The summed E-state index contributed by atoms with van der Waals surface area (Å²) >= 11 is 6.38. The first kappa shape index (κ1) is 20.0. The maximum atomic E-state index is 12.1. The van der Waals surface area contributed by atoms with E-state index in [4.69, 9.17) is 11.6 Å². The molecule has 0 saturated heterocycles. The second kappa shape index (κ2) is 9.43. The van der Waals surface area contributed by atoms with Crippen LogP contribution in [0.2, 0.25) is 5.15 Å². The van der Waals surface area contributed by atoms with E-state index < -0.39 is 0 Å². The Balaban J connectivity index is 1.94. The number of anilines is 1. The fourth-order valence-corrected chi connectivity index (χ4v) is 2.85. The zero-order chi connectivity index (χ0) is 19.1. The minimum Gasteiger partial charge on any atom is -0.378 e. The number of nitrogens with one attached hydrogen (secondary N) is 1. The molecule has 6 heteroatoms. The van der Waals surface area contributed by atoms with Gasteiger partial charge in [0.25, 0.3) is 0 Å². The normalized spacial score (nSPS) is 11.1. The van der Waals surface area contributed by atoms with Crippen molar-refractivity contribution in [1.82, 2.24) is 15.1 Å². The molecule has 1 heterocycles. The van der Waals surface area contributed by atoms with Gasteiger partial charge in [-0.1, -0.05) is 37.1 Å². The molecule has 0 fully saturated rings. The van der Waals surface area contributed by atoms with E-state index in [2.05, 4.69) is 17.3 Å². The molecule has 5 nitrogen and oxygen atoms in total. The lowest BCUT2D eigenvalue weighted by Crippen LogP contribution is -2.20. The molecular weight excluding hydrogens is 348 g/mol. The van der Waals surface area contributed by atoms with Gasteiger partial charge in [-0.25, -0.2) is 0 Å². The summed E-state index contributed by atoms with van der Waals surface area (Å²) in [6.45, 7) is 5.31. The van der Waals surface area contributed by atoms with E-state index >= 15 is 0 Å². The van der Waals surface area contributed by atoms with Gasteiger partial charge in [-0.3, -0.25) is 9.48 Å². The quantitative estimate of drug-likeness (QED) is 0.709. The Kier molecular flexibility index (Phi) is 7.27. The van der Waals surface area contributed by atoms with Crippen molar-refractivity contribution in [3.05, 3.63) is 52.3 Å². The maximum Gasteiger partial charge on any atom is 0.244 e. The van der Waals surface area contributed by atoms with E-state index in [1.807, 2.05) is 50.2 Å². The first-order valence-electron chi connectivity index (χ1n) is 8.87. The van der Waals surface area contributed by atoms with E-state index in [0.717, 1.165) is 41.9 Å². The fraction of sp³-hybridized carbons (Fsp3) is 0.400. The average Bonchev–Trinajstić information content (AvgIpc) is 2.90. The van der Waals surface area contributed by atoms with Crippen LogP contribution >= 0.6 is 11.6 Å². The van der Waals surface area contributed by atoms with Crippen molar-refractivity contribution in [1.29, 1.82) is 0 Å². The molecule has 0 aliphatic heterocycles. The van der Waals surface area contributed by atoms with Crippen LogP contribution < -0.4 is 10.2 Å². The zero-order valence-electron chi connectivity index (χ0n) is 15.9. The van der Waals surface area contributed by atoms with Crippen LogP contribution in [0.4, 0.5) is 5.69 Å². The minimum absolute atomic E-state index is 0.154. The van der Waals surface area contributed by atoms with Gasteiger partial charge < -0.3 is 10.2 Å². The maximum absolute atomic E-state index is 12.1. The highest BCUT2D eigenvalue weighted by atomic mass is 35.5. The molecule has 0 saturated carbocycles. The Morgan fingerprint density at radius 1 is 1.31 bits per heavy atom. The van der Waals surface area contributed by atoms with Crippen LogP contribution in [-0.2, 0) is 17.9 Å². The van der Waals surface area contributed by atoms with Crippen molar-refractivity contribution < 1.29 is 4.79 Å². The van der Waals surface area contributed by atoms with Gasteiger partial charge in [0.15, 0.2) is 0 Å². The smallest absolute Gasteiger partial charge is 0.244 e. The van der Waals surface area contributed by atoms with Crippen molar-refractivity contribution in [3.8, 4) is 0 Å². The molecule has 140 valence electrons. The number of hydrogen-bond donors (Lipinski definition) is 1. The topological polar surface area (TPSA) is 50.2 Å². The van der Waals surface area contributed by atoms with E-state index in [0.29, 0.717) is 11.7 Å². The highest BCUT2D eigenvalue weighted by molar-refractivity contribution is 6.31. The second-order valence-corrected chi connectivity index (χ2v) is 6.84. The Hall–Kier alpha value is -2.27. The van der Waals surface area contributed by atoms with Crippen molar-refractivity contribution in [3.63, 3.8) is 0 Å². The highest BCUT2D eigenvalue weighted by Crippen LogP contribution is 2.21. The molecule has 0 aliphatic carbocycles. The summed E-state index contributed by atoms with van der Waals surface area (Å²) in [6, 6.07) is 8.09. The second-order valence-electron chi connectivity index (χ2n) is 6.48. The van der Waals surface area contributed by atoms with E-state index in [1.54, 1.807) is 10.8 Å². The van der Waals surface area contributed by atoms with Crippen LogP contribution in [0.5, 0.6) is 0 Å². The molecule has 1 N–H and O–H groups in total. The number of benzene rings is 1. The molecular formula is C20H27ClN4O. The first-order valence-corrected chi connectivity index (χ1v) is 9.25. The summed E-state index contributed by atoms with van der Waals surface area (Å²) < 4.78 is 1.80. The number of aryl methyl sites for hydroxylation is 2. The Bertz CT molecular complexity index is 763. The van der Waals surface area contributed by atoms with Gasteiger partial charge in [-0.05, 0) is 37.1 Å². The molecule has 1 aromatic carbocycles.